The zero-order chi connectivity index (χ0) is 15.4. The van der Waals surface area contributed by atoms with E-state index >= 15 is 0 Å². The molecule has 2 heterocycles. The number of esters is 1. The first kappa shape index (κ1) is 15.2. The summed E-state index contributed by atoms with van der Waals surface area (Å²) in [6.07, 6.45) is 1.59. The van der Waals surface area contributed by atoms with Gasteiger partial charge in [0.15, 0.2) is 0 Å². The molecule has 0 radical (unpaired) electrons. The van der Waals surface area contributed by atoms with E-state index in [1.54, 1.807) is 24.2 Å². The highest BCUT2D eigenvalue weighted by Gasteiger charge is 2.23. The zero-order valence-corrected chi connectivity index (χ0v) is 12.2. The summed E-state index contributed by atoms with van der Waals surface area (Å²) in [6, 6.07) is 2.99. The largest absolute Gasteiger partial charge is 0.468 e. The first-order valence-electron chi connectivity index (χ1n) is 6.76. The highest BCUT2D eigenvalue weighted by atomic mass is 16.5. The molecule has 2 rings (SSSR count). The first-order chi connectivity index (χ1) is 10.0. The van der Waals surface area contributed by atoms with E-state index < -0.39 is 0 Å². The van der Waals surface area contributed by atoms with Crippen LogP contribution in [-0.2, 0) is 16.6 Å². The van der Waals surface area contributed by atoms with Gasteiger partial charge in [-0.15, -0.1) is 0 Å². The molecule has 1 aromatic rings. The maximum Gasteiger partial charge on any atom is 0.319 e. The fourth-order valence-corrected chi connectivity index (χ4v) is 2.22. The van der Waals surface area contributed by atoms with E-state index in [9.17, 15) is 14.4 Å². The van der Waals surface area contributed by atoms with Crippen LogP contribution < -0.4 is 5.56 Å². The number of methoxy groups -OCH3 is 1. The molecule has 114 valence electrons. The van der Waals surface area contributed by atoms with E-state index in [0.29, 0.717) is 31.7 Å². The predicted octanol–water partition coefficient (Wildman–Crippen LogP) is -0.684. The molecule has 0 N–H and O–H groups in total. The number of aromatic nitrogens is 1. The van der Waals surface area contributed by atoms with Crippen molar-refractivity contribution in [3.8, 4) is 0 Å². The minimum Gasteiger partial charge on any atom is -0.468 e. The summed E-state index contributed by atoms with van der Waals surface area (Å²) < 4.78 is 6.04. The van der Waals surface area contributed by atoms with Crippen molar-refractivity contribution in [2.45, 2.75) is 0 Å². The van der Waals surface area contributed by atoms with Crippen LogP contribution >= 0.6 is 0 Å². The number of rotatable bonds is 3. The fraction of sp³-hybridized carbons (Fsp3) is 0.500. The van der Waals surface area contributed by atoms with E-state index in [2.05, 4.69) is 4.74 Å². The van der Waals surface area contributed by atoms with Gasteiger partial charge in [0.1, 0.15) is 0 Å². The van der Waals surface area contributed by atoms with Crippen molar-refractivity contribution in [2.75, 3.05) is 39.8 Å². The van der Waals surface area contributed by atoms with Crippen LogP contribution in [0.1, 0.15) is 10.4 Å². The van der Waals surface area contributed by atoms with Gasteiger partial charge in [-0.2, -0.15) is 0 Å². The van der Waals surface area contributed by atoms with Crippen LogP contribution in [0.25, 0.3) is 0 Å². The topological polar surface area (TPSA) is 71.8 Å². The van der Waals surface area contributed by atoms with E-state index in [-0.39, 0.29) is 24.0 Å². The average molecular weight is 293 g/mol. The number of carbonyl (C=O) groups is 2. The van der Waals surface area contributed by atoms with Crippen molar-refractivity contribution in [1.82, 2.24) is 14.4 Å². The molecule has 1 aromatic heterocycles. The summed E-state index contributed by atoms with van der Waals surface area (Å²) in [7, 11) is 3.00. The Morgan fingerprint density at radius 3 is 2.48 bits per heavy atom. The number of hydrogen-bond donors (Lipinski definition) is 0. The third kappa shape index (κ3) is 3.69. The van der Waals surface area contributed by atoms with Gasteiger partial charge >= 0.3 is 5.97 Å². The number of ether oxygens (including phenoxy) is 1. The maximum absolute atomic E-state index is 12.3. The summed E-state index contributed by atoms with van der Waals surface area (Å²) in [6.45, 7) is 2.54. The third-order valence-corrected chi connectivity index (χ3v) is 3.59. The molecule has 0 saturated carbocycles. The van der Waals surface area contributed by atoms with Crippen LogP contribution in [0.3, 0.4) is 0 Å². The van der Waals surface area contributed by atoms with Crippen molar-refractivity contribution in [2.24, 2.45) is 7.05 Å². The molecule has 0 spiro atoms. The molecule has 21 heavy (non-hydrogen) atoms. The fourth-order valence-electron chi connectivity index (χ4n) is 2.22. The van der Waals surface area contributed by atoms with Crippen LogP contribution in [0.2, 0.25) is 0 Å². The molecule has 7 heteroatoms. The lowest BCUT2D eigenvalue weighted by Crippen LogP contribution is -2.50. The molecule has 1 aliphatic rings. The molecule has 1 saturated heterocycles. The molecule has 0 atom stereocenters. The quantitative estimate of drug-likeness (QED) is 0.690. The number of piperazine rings is 1. The van der Waals surface area contributed by atoms with Crippen LogP contribution in [0.15, 0.2) is 23.1 Å². The summed E-state index contributed by atoms with van der Waals surface area (Å²) in [4.78, 5) is 38.7. The predicted molar refractivity (Wildman–Crippen MR) is 76.0 cm³/mol. The van der Waals surface area contributed by atoms with Gasteiger partial charge in [0.05, 0.1) is 13.7 Å². The highest BCUT2D eigenvalue weighted by Crippen LogP contribution is 2.07. The molecule has 0 unspecified atom stereocenters. The lowest BCUT2D eigenvalue weighted by Gasteiger charge is -2.34. The van der Waals surface area contributed by atoms with Gasteiger partial charge in [-0.1, -0.05) is 0 Å². The Balaban J connectivity index is 1.95. The van der Waals surface area contributed by atoms with E-state index in [1.807, 2.05) is 4.90 Å². The molecule has 1 amide bonds. The Hall–Kier alpha value is -2.15. The molecule has 7 nitrogen and oxygen atoms in total. The SMILES string of the molecule is COC(=O)CN1CCN(C(=O)c2ccn(C)c(=O)c2)CC1. The second-order valence-corrected chi connectivity index (χ2v) is 5.01. The smallest absolute Gasteiger partial charge is 0.319 e. The number of hydrogen-bond acceptors (Lipinski definition) is 5. The Labute approximate surface area is 122 Å². The van der Waals surface area contributed by atoms with Crippen LogP contribution in [0.4, 0.5) is 0 Å². The highest BCUT2D eigenvalue weighted by molar-refractivity contribution is 5.94. The second kappa shape index (κ2) is 6.53. The monoisotopic (exact) mass is 293 g/mol. The van der Waals surface area contributed by atoms with Crippen LogP contribution in [-0.4, -0.2) is 66.1 Å². The standard InChI is InChI=1S/C14H19N3O4/c1-15-4-3-11(9-12(15)18)14(20)17-7-5-16(6-8-17)10-13(19)21-2/h3-4,9H,5-8,10H2,1-2H3. The van der Waals surface area contributed by atoms with E-state index in [1.165, 1.54) is 17.7 Å². The van der Waals surface area contributed by atoms with Gasteiger partial charge in [-0.3, -0.25) is 19.3 Å². The number of nitrogens with zero attached hydrogens (tertiary/aromatic N) is 3. The summed E-state index contributed by atoms with van der Waals surface area (Å²) >= 11 is 0. The average Bonchev–Trinajstić information content (AvgIpc) is 2.50. The first-order valence-corrected chi connectivity index (χ1v) is 6.76. The van der Waals surface area contributed by atoms with E-state index in [0.717, 1.165) is 0 Å². The Morgan fingerprint density at radius 1 is 1.24 bits per heavy atom. The van der Waals surface area contributed by atoms with Gasteiger partial charge < -0.3 is 14.2 Å². The number of carbonyl (C=O) groups excluding carboxylic acids is 2. The van der Waals surface area contributed by atoms with Crippen LogP contribution in [0.5, 0.6) is 0 Å². The molecule has 0 aliphatic carbocycles. The molecular formula is C14H19N3O4. The molecule has 1 fully saturated rings. The molecule has 0 aromatic carbocycles. The Morgan fingerprint density at radius 2 is 1.90 bits per heavy atom. The summed E-state index contributed by atoms with van der Waals surface area (Å²) in [5.74, 6) is -0.424. The van der Waals surface area contributed by atoms with Crippen LogP contribution in [0, 0.1) is 0 Å². The molecular weight excluding hydrogens is 274 g/mol. The van der Waals surface area contributed by atoms with E-state index in [4.69, 9.17) is 0 Å². The number of amides is 1. The zero-order valence-electron chi connectivity index (χ0n) is 12.2. The number of pyridine rings is 1. The lowest BCUT2D eigenvalue weighted by molar-refractivity contribution is -0.142. The lowest BCUT2D eigenvalue weighted by atomic mass is 10.2. The molecule has 1 aliphatic heterocycles. The van der Waals surface area contributed by atoms with Crippen molar-refractivity contribution in [3.63, 3.8) is 0 Å². The number of aryl methyl sites for hydroxylation is 1. The maximum atomic E-state index is 12.3. The normalized spacial score (nSPS) is 15.8. The Kier molecular flexibility index (Phi) is 4.74. The Bertz CT molecular complexity index is 588. The summed E-state index contributed by atoms with van der Waals surface area (Å²) in [5, 5.41) is 0. The third-order valence-electron chi connectivity index (χ3n) is 3.59. The molecule has 0 bridgehead atoms. The van der Waals surface area contributed by atoms with Crippen molar-refractivity contribution < 1.29 is 14.3 Å². The second-order valence-electron chi connectivity index (χ2n) is 5.01. The minimum atomic E-state index is -0.277. The van der Waals surface area contributed by atoms with Gasteiger partial charge in [0.2, 0.25) is 0 Å². The van der Waals surface area contributed by atoms with Crippen molar-refractivity contribution in [3.05, 3.63) is 34.2 Å². The van der Waals surface area contributed by atoms with Gasteiger partial charge in [0, 0.05) is 51.1 Å². The van der Waals surface area contributed by atoms with Gasteiger partial charge in [-0.25, -0.2) is 0 Å². The van der Waals surface area contributed by atoms with Crippen molar-refractivity contribution in [1.29, 1.82) is 0 Å². The minimum absolute atomic E-state index is 0.148. The van der Waals surface area contributed by atoms with Gasteiger partial charge in [-0.05, 0) is 6.07 Å². The summed E-state index contributed by atoms with van der Waals surface area (Å²) in [5.41, 5.74) is 0.199. The van der Waals surface area contributed by atoms with Crippen molar-refractivity contribution >= 4 is 11.9 Å². The van der Waals surface area contributed by atoms with Gasteiger partial charge in [0.25, 0.3) is 11.5 Å².